The first-order valence-corrected chi connectivity index (χ1v) is 13.5. The predicted octanol–water partition coefficient (Wildman–Crippen LogP) is 3.78. The third kappa shape index (κ3) is 5.94. The number of hydrogen-bond donors (Lipinski definition) is 0. The van der Waals surface area contributed by atoms with Crippen molar-refractivity contribution in [3.8, 4) is 0 Å². The Kier molecular flexibility index (Phi) is 9.22. The summed E-state index contributed by atoms with van der Waals surface area (Å²) in [6.07, 6.45) is 1.40. The summed E-state index contributed by atoms with van der Waals surface area (Å²) in [5.41, 5.74) is 1.50. The smallest absolute Gasteiger partial charge is 0.338 e. The van der Waals surface area contributed by atoms with Gasteiger partial charge in [-0.15, -0.1) is 0 Å². The zero-order valence-corrected chi connectivity index (χ0v) is 22.6. The lowest BCUT2D eigenvalue weighted by Crippen LogP contribution is -2.44. The van der Waals surface area contributed by atoms with Crippen molar-refractivity contribution in [3.63, 3.8) is 0 Å². The maximum atomic E-state index is 15.2. The topological polar surface area (TPSA) is 97.7 Å². The molecule has 4 rings (SSSR count). The Morgan fingerprint density at radius 3 is 2.71 bits per heavy atom. The van der Waals surface area contributed by atoms with Crippen LogP contribution in [0.25, 0.3) is 0 Å². The molecule has 0 saturated carbocycles. The Morgan fingerprint density at radius 1 is 1.18 bits per heavy atom. The van der Waals surface area contributed by atoms with Crippen LogP contribution in [0, 0.1) is 11.7 Å². The molecule has 1 amide bonds. The minimum atomic E-state index is -0.860. The number of allylic oxidation sites excluding steroid dienone is 1. The van der Waals surface area contributed by atoms with Gasteiger partial charge in [-0.25, -0.2) is 14.2 Å². The number of methoxy groups -OCH3 is 1. The molecule has 1 fully saturated rings. The van der Waals surface area contributed by atoms with Crippen LogP contribution >= 0.6 is 11.8 Å². The van der Waals surface area contributed by atoms with E-state index in [0.29, 0.717) is 49.1 Å². The number of nitrogens with zero attached hydrogens (tertiary/aromatic N) is 3. The highest BCUT2D eigenvalue weighted by Crippen LogP contribution is 2.45. The fourth-order valence-corrected chi connectivity index (χ4v) is 5.80. The van der Waals surface area contributed by atoms with Crippen LogP contribution in [0.2, 0.25) is 0 Å². The first kappa shape index (κ1) is 27.8. The van der Waals surface area contributed by atoms with E-state index < -0.39 is 17.8 Å². The number of hydrogen-bond acceptors (Lipinski definition) is 9. The Hall–Kier alpha value is -3.18. The number of likely N-dealkylation sites (tertiary alicyclic amines) is 1. The molecule has 0 aliphatic carbocycles. The monoisotopic (exact) mass is 545 g/mol. The van der Waals surface area contributed by atoms with Crippen molar-refractivity contribution in [2.75, 3.05) is 40.0 Å². The molecule has 38 heavy (non-hydrogen) atoms. The van der Waals surface area contributed by atoms with Crippen molar-refractivity contribution in [3.05, 3.63) is 58.0 Å². The summed E-state index contributed by atoms with van der Waals surface area (Å²) in [6.45, 7) is 4.85. The zero-order valence-electron chi connectivity index (χ0n) is 21.8. The molecule has 9 nitrogen and oxygen atoms in total. The lowest BCUT2D eigenvalue weighted by molar-refractivity contribution is -0.151. The van der Waals surface area contributed by atoms with Crippen molar-refractivity contribution in [1.82, 2.24) is 9.80 Å². The van der Waals surface area contributed by atoms with E-state index in [4.69, 9.17) is 14.2 Å². The van der Waals surface area contributed by atoms with Gasteiger partial charge >= 0.3 is 11.9 Å². The van der Waals surface area contributed by atoms with Crippen LogP contribution in [0.4, 0.5) is 4.39 Å². The minimum absolute atomic E-state index is 0.0115. The number of amides is 1. The zero-order chi connectivity index (χ0) is 27.2. The molecule has 3 aliphatic rings. The highest BCUT2D eigenvalue weighted by Gasteiger charge is 2.42. The Bertz CT molecular complexity index is 1180. The molecule has 0 unspecified atom stereocenters. The Morgan fingerprint density at radius 2 is 1.97 bits per heavy atom. The molecule has 0 aromatic heterocycles. The summed E-state index contributed by atoms with van der Waals surface area (Å²) in [4.78, 5) is 46.9. The number of carbonyl (C=O) groups is 3. The summed E-state index contributed by atoms with van der Waals surface area (Å²) in [6, 6.07) is 5.38. The number of halogens is 1. The summed E-state index contributed by atoms with van der Waals surface area (Å²) in [5.74, 6) is -1.90. The average molecular weight is 546 g/mol. The van der Waals surface area contributed by atoms with Crippen LogP contribution in [0.1, 0.15) is 44.7 Å². The lowest BCUT2D eigenvalue weighted by Gasteiger charge is -2.37. The number of benzene rings is 1. The van der Waals surface area contributed by atoms with Gasteiger partial charge in [-0.3, -0.25) is 9.59 Å². The summed E-state index contributed by atoms with van der Waals surface area (Å²) in [5, 5.41) is 2.36. The normalized spacial score (nSPS) is 21.1. The van der Waals surface area contributed by atoms with E-state index in [1.54, 1.807) is 41.8 Å². The highest BCUT2D eigenvalue weighted by atomic mass is 32.2. The number of fused-ring (bicyclic) bond motifs is 1. The minimum Gasteiger partial charge on any atom is -0.466 e. The predicted molar refractivity (Wildman–Crippen MR) is 140 cm³/mol. The second-order valence-electron chi connectivity index (χ2n) is 9.15. The molecule has 0 spiro atoms. The van der Waals surface area contributed by atoms with Crippen molar-refractivity contribution in [2.24, 2.45) is 10.9 Å². The van der Waals surface area contributed by atoms with Gasteiger partial charge in [0.15, 0.2) is 5.17 Å². The molecular weight excluding hydrogens is 513 g/mol. The first-order valence-electron chi connectivity index (χ1n) is 12.6. The molecule has 1 aromatic carbocycles. The quantitative estimate of drug-likeness (QED) is 0.342. The molecule has 1 aromatic rings. The molecule has 0 radical (unpaired) electrons. The van der Waals surface area contributed by atoms with E-state index >= 15 is 4.39 Å². The van der Waals surface area contributed by atoms with E-state index in [1.807, 2.05) is 5.41 Å². The van der Waals surface area contributed by atoms with Gasteiger partial charge in [0.05, 0.1) is 42.9 Å². The lowest BCUT2D eigenvalue weighted by atomic mass is 9.93. The van der Waals surface area contributed by atoms with Gasteiger partial charge in [0.25, 0.3) is 0 Å². The number of thioether (sulfide) groups is 1. The maximum Gasteiger partial charge on any atom is 0.338 e. The fourth-order valence-electron chi connectivity index (χ4n) is 4.84. The van der Waals surface area contributed by atoms with Crippen molar-refractivity contribution >= 4 is 34.8 Å². The van der Waals surface area contributed by atoms with Gasteiger partial charge in [0.2, 0.25) is 5.91 Å². The largest absolute Gasteiger partial charge is 0.466 e. The summed E-state index contributed by atoms with van der Waals surface area (Å²) >= 11 is 1.32. The van der Waals surface area contributed by atoms with Crippen LogP contribution in [0.15, 0.2) is 51.6 Å². The Balaban J connectivity index is 1.60. The molecule has 3 aliphatic heterocycles. The number of esters is 2. The molecule has 2 atom stereocenters. The molecule has 0 N–H and O–H groups in total. The molecule has 3 heterocycles. The van der Waals surface area contributed by atoms with E-state index in [-0.39, 0.29) is 48.6 Å². The maximum absolute atomic E-state index is 15.2. The number of aliphatic imine (C=N–C) groups is 1. The van der Waals surface area contributed by atoms with E-state index in [2.05, 4.69) is 4.99 Å². The number of piperidine rings is 1. The Labute approximate surface area is 225 Å². The third-order valence-corrected chi connectivity index (χ3v) is 7.56. The number of rotatable bonds is 9. The third-order valence-electron chi connectivity index (χ3n) is 6.67. The van der Waals surface area contributed by atoms with E-state index in [1.165, 1.54) is 24.9 Å². The fraction of sp³-hybridized carbons (Fsp3) is 0.481. The van der Waals surface area contributed by atoms with Crippen molar-refractivity contribution in [1.29, 1.82) is 0 Å². The van der Waals surface area contributed by atoms with Crippen LogP contribution in [0.3, 0.4) is 0 Å². The van der Waals surface area contributed by atoms with Crippen molar-refractivity contribution in [2.45, 2.75) is 39.2 Å². The van der Waals surface area contributed by atoms with Crippen LogP contribution in [-0.2, 0) is 28.6 Å². The van der Waals surface area contributed by atoms with E-state index in [0.717, 1.165) is 0 Å². The number of carbonyl (C=O) groups excluding carboxylic acids is 3. The summed E-state index contributed by atoms with van der Waals surface area (Å²) < 4.78 is 30.7. The van der Waals surface area contributed by atoms with Crippen LogP contribution in [0.5, 0.6) is 0 Å². The summed E-state index contributed by atoms with van der Waals surface area (Å²) in [7, 11) is 1.50. The van der Waals surface area contributed by atoms with Gasteiger partial charge in [-0.05, 0) is 38.2 Å². The molecule has 204 valence electrons. The molecule has 1 saturated heterocycles. The van der Waals surface area contributed by atoms with Crippen LogP contribution in [-0.4, -0.2) is 72.8 Å². The SMILES string of the molecule is CCOC(=O)[C@@H]1CCCN(C(=O)CC2=CSC3=NC(C)=C(C(=O)OCCOC)[C@H](c4ccccc4F)N23)C1. The van der Waals surface area contributed by atoms with Crippen molar-refractivity contribution < 1.29 is 33.0 Å². The van der Waals surface area contributed by atoms with Gasteiger partial charge in [0, 0.05) is 31.5 Å². The van der Waals surface area contributed by atoms with Gasteiger partial charge in [-0.1, -0.05) is 30.0 Å². The second-order valence-corrected chi connectivity index (χ2v) is 9.99. The van der Waals surface area contributed by atoms with E-state index in [9.17, 15) is 14.4 Å². The second kappa shape index (κ2) is 12.6. The van der Waals surface area contributed by atoms with Gasteiger partial charge in [0.1, 0.15) is 12.4 Å². The van der Waals surface area contributed by atoms with Gasteiger partial charge < -0.3 is 24.0 Å². The average Bonchev–Trinajstić information content (AvgIpc) is 3.30. The highest BCUT2D eigenvalue weighted by molar-refractivity contribution is 8.16. The molecule has 0 bridgehead atoms. The molecule has 11 heteroatoms. The van der Waals surface area contributed by atoms with Crippen LogP contribution < -0.4 is 0 Å². The first-order chi connectivity index (χ1) is 18.3. The molecular formula is C27H32FN3O6S. The van der Waals surface area contributed by atoms with Gasteiger partial charge in [-0.2, -0.15) is 0 Å². The number of ether oxygens (including phenoxy) is 3. The number of amidine groups is 1. The standard InChI is InChI=1S/C27H32FN3O6S/c1-4-36-25(33)18-8-7-11-30(15-18)22(32)14-19-16-38-27-29-17(2)23(26(34)37-13-12-35-3)24(31(19)27)20-9-5-6-10-21(20)28/h5-6,9-10,16,18,24H,4,7-8,11-15H2,1-3H3/t18-,24+/m1/s1.